The van der Waals surface area contributed by atoms with Gasteiger partial charge in [-0.2, -0.15) is 20.3 Å². The van der Waals surface area contributed by atoms with Gasteiger partial charge in [-0.3, -0.25) is 28.0 Å². The van der Waals surface area contributed by atoms with Gasteiger partial charge in [-0.05, 0) is 75.3 Å². The van der Waals surface area contributed by atoms with Gasteiger partial charge < -0.3 is 46.1 Å². The number of ether oxygens (including phenoxy) is 2. The van der Waals surface area contributed by atoms with Crippen molar-refractivity contribution in [2.45, 2.75) is 76.7 Å². The first-order chi connectivity index (χ1) is 33.4. The van der Waals surface area contributed by atoms with Crippen LogP contribution in [0.2, 0.25) is 0 Å². The third kappa shape index (κ3) is 8.31. The first-order valence-electron chi connectivity index (χ1n) is 23.6. The van der Waals surface area contributed by atoms with Crippen LogP contribution in [0.5, 0.6) is 11.6 Å². The number of aliphatic hydroxyl groups is 1. The third-order valence-electron chi connectivity index (χ3n) is 13.8. The highest BCUT2D eigenvalue weighted by Gasteiger charge is 2.32. The van der Waals surface area contributed by atoms with Gasteiger partial charge in [0, 0.05) is 117 Å². The maximum atomic E-state index is 15.1. The van der Waals surface area contributed by atoms with Crippen molar-refractivity contribution in [3.8, 4) is 11.6 Å². The number of piperidine rings is 2. The summed E-state index contributed by atoms with van der Waals surface area (Å²) in [6.45, 7) is 4.56. The minimum Gasteiger partial charge on any atom is -0.494 e. The summed E-state index contributed by atoms with van der Waals surface area (Å²) in [6.07, 6.45) is 13.4. The van der Waals surface area contributed by atoms with Crippen LogP contribution in [0.1, 0.15) is 76.2 Å². The Morgan fingerprint density at radius 3 is 2.25 bits per heavy atom. The molecule has 1 aliphatic carbocycles. The number of fused-ring (bicyclic) bond motifs is 4. The molecule has 69 heavy (non-hydrogen) atoms. The van der Waals surface area contributed by atoms with Gasteiger partial charge in [0.15, 0.2) is 0 Å². The SMILES string of the molecule is COc1cc2nn(C)cc2cc1NC(=O)c1ccc(N2CCC(NC3CC3)CC2)c2c(CO)n(Cc3cc(N4CCC(N)CC4)c4cn(C)nc4c3C(=O)Nc3cn4cc(C)nc4nc3OC)nc12. The van der Waals surface area contributed by atoms with E-state index in [1.165, 1.54) is 20.0 Å². The minimum atomic E-state index is -0.442. The second-order valence-corrected chi connectivity index (χ2v) is 18.7. The van der Waals surface area contributed by atoms with E-state index < -0.39 is 18.4 Å². The number of rotatable bonds is 13. The van der Waals surface area contributed by atoms with Crippen LogP contribution >= 0.6 is 0 Å². The van der Waals surface area contributed by atoms with Crippen molar-refractivity contribution >= 4 is 73.1 Å². The Labute approximate surface area is 397 Å². The van der Waals surface area contributed by atoms with Gasteiger partial charge >= 0.3 is 0 Å². The number of methoxy groups -OCH3 is 2. The van der Waals surface area contributed by atoms with Crippen LogP contribution in [0.25, 0.3) is 38.5 Å². The molecule has 5 aromatic heterocycles. The van der Waals surface area contributed by atoms with E-state index in [0.717, 1.165) is 85.2 Å². The number of imidazole rings is 1. The van der Waals surface area contributed by atoms with Crippen LogP contribution in [0.3, 0.4) is 0 Å². The molecule has 8 aromatic rings. The molecule has 2 saturated heterocycles. The number of benzene rings is 3. The number of aromatic nitrogens is 9. The fraction of sp³-hybridized carbons (Fsp3) is 0.408. The zero-order valence-electron chi connectivity index (χ0n) is 39.5. The van der Waals surface area contributed by atoms with Crippen molar-refractivity contribution in [3.05, 3.63) is 83.2 Å². The molecule has 0 atom stereocenters. The molecular formula is C49H57N15O5. The summed E-state index contributed by atoms with van der Waals surface area (Å²) >= 11 is 0. The van der Waals surface area contributed by atoms with Crippen LogP contribution in [0.15, 0.2) is 55.1 Å². The first kappa shape index (κ1) is 44.2. The van der Waals surface area contributed by atoms with E-state index in [-0.39, 0.29) is 18.5 Å². The molecule has 6 N–H and O–H groups in total. The molecule has 358 valence electrons. The number of nitrogens with zero attached hydrogens (tertiary/aromatic N) is 11. The lowest BCUT2D eigenvalue weighted by atomic mass is 9.98. The minimum absolute atomic E-state index is 0.0503. The predicted octanol–water partition coefficient (Wildman–Crippen LogP) is 4.87. The van der Waals surface area contributed by atoms with Crippen LogP contribution in [0.4, 0.5) is 22.7 Å². The summed E-state index contributed by atoms with van der Waals surface area (Å²) in [5.74, 6) is 0.252. The molecule has 0 spiro atoms. The number of aryl methyl sites for hydroxylation is 3. The highest BCUT2D eigenvalue weighted by Crippen LogP contribution is 2.39. The van der Waals surface area contributed by atoms with Gasteiger partial charge in [-0.25, -0.2) is 4.98 Å². The molecule has 20 nitrogen and oxygen atoms in total. The van der Waals surface area contributed by atoms with Gasteiger partial charge in [0.05, 0.1) is 61.1 Å². The molecule has 0 radical (unpaired) electrons. The second kappa shape index (κ2) is 17.7. The molecule has 1 saturated carbocycles. The van der Waals surface area contributed by atoms with Crippen molar-refractivity contribution in [1.82, 2.24) is 49.0 Å². The zero-order valence-corrected chi connectivity index (χ0v) is 39.5. The third-order valence-corrected chi connectivity index (χ3v) is 13.8. The molecule has 3 aliphatic rings. The highest BCUT2D eigenvalue weighted by molar-refractivity contribution is 6.16. The smallest absolute Gasteiger partial charge is 0.258 e. The number of anilines is 4. The topological polar surface area (TPSA) is 225 Å². The Morgan fingerprint density at radius 2 is 1.51 bits per heavy atom. The number of aliphatic hydroxyl groups excluding tert-OH is 1. The van der Waals surface area contributed by atoms with Gasteiger partial charge in [0.25, 0.3) is 11.8 Å². The van der Waals surface area contributed by atoms with E-state index in [0.29, 0.717) is 73.8 Å². The summed E-state index contributed by atoms with van der Waals surface area (Å²) in [6, 6.07) is 10.6. The van der Waals surface area contributed by atoms with E-state index in [2.05, 4.69) is 40.8 Å². The van der Waals surface area contributed by atoms with E-state index in [4.69, 9.17) is 25.4 Å². The number of hydrogen-bond acceptors (Lipinski definition) is 14. The van der Waals surface area contributed by atoms with Crippen molar-refractivity contribution in [2.75, 3.05) is 60.8 Å². The molecule has 7 heterocycles. The van der Waals surface area contributed by atoms with Gasteiger partial charge in [-0.15, -0.1) is 0 Å². The molecule has 20 heteroatoms. The fourth-order valence-corrected chi connectivity index (χ4v) is 10.2. The number of carbonyl (C=O) groups is 2. The highest BCUT2D eigenvalue weighted by atomic mass is 16.5. The maximum Gasteiger partial charge on any atom is 0.258 e. The summed E-state index contributed by atoms with van der Waals surface area (Å²) in [5, 5.41) is 38.5. The number of carbonyl (C=O) groups excluding carboxylic acids is 2. The quantitative estimate of drug-likeness (QED) is 0.104. The average molecular weight is 936 g/mol. The summed E-state index contributed by atoms with van der Waals surface area (Å²) < 4.78 is 18.3. The standard InChI is InChI=1S/C49H57N15O5/c1-27-21-63-25-37(48(69-5)55-49(63)51-27)54-47(67)42-29(19-39(34-24-60(3)57-45(34)42)62-14-10-30(50)11-15-62)23-64-40(26-65)43-38(61-16-12-32(13-17-61)52-31-6-7-31)9-8-33(44(43)58-64)46(66)53-36-18-28-22-59(2)56-35(28)20-41(36)68-4/h8-9,18-22,24-25,30-32,52,65H,6-7,10-17,23,26,50H2,1-5H3,(H,53,66)(H,54,67). The van der Waals surface area contributed by atoms with E-state index in [9.17, 15) is 9.90 Å². The Morgan fingerprint density at radius 1 is 0.783 bits per heavy atom. The maximum absolute atomic E-state index is 15.1. The molecule has 3 aromatic carbocycles. The number of hydrogen-bond donors (Lipinski definition) is 5. The van der Waals surface area contributed by atoms with Crippen molar-refractivity contribution < 1.29 is 24.2 Å². The van der Waals surface area contributed by atoms with Crippen molar-refractivity contribution in [2.24, 2.45) is 19.8 Å². The summed E-state index contributed by atoms with van der Waals surface area (Å²) in [5.41, 5.74) is 13.2. The Hall–Kier alpha value is -7.29. The van der Waals surface area contributed by atoms with Gasteiger partial charge in [0.2, 0.25) is 11.7 Å². The van der Waals surface area contributed by atoms with Crippen LogP contribution in [0, 0.1) is 6.92 Å². The van der Waals surface area contributed by atoms with E-state index >= 15 is 4.79 Å². The lowest BCUT2D eigenvalue weighted by Gasteiger charge is -2.34. The fourth-order valence-electron chi connectivity index (χ4n) is 10.2. The van der Waals surface area contributed by atoms with E-state index in [1.54, 1.807) is 37.8 Å². The number of nitrogens with one attached hydrogen (secondary N) is 3. The Kier molecular flexibility index (Phi) is 11.3. The van der Waals surface area contributed by atoms with Gasteiger partial charge in [-0.1, -0.05) is 0 Å². The Balaban J connectivity index is 1.05. The van der Waals surface area contributed by atoms with Crippen LogP contribution in [-0.4, -0.2) is 119 Å². The van der Waals surface area contributed by atoms with Crippen LogP contribution in [-0.2, 0) is 27.2 Å². The zero-order chi connectivity index (χ0) is 47.7. The van der Waals surface area contributed by atoms with E-state index in [1.807, 2.05) is 63.9 Å². The summed E-state index contributed by atoms with van der Waals surface area (Å²) in [4.78, 5) is 43.4. The molecule has 11 rings (SSSR count). The monoisotopic (exact) mass is 935 g/mol. The lowest BCUT2D eigenvalue weighted by molar-refractivity contribution is 0.101. The molecular weight excluding hydrogens is 879 g/mol. The second-order valence-electron chi connectivity index (χ2n) is 18.7. The van der Waals surface area contributed by atoms with Crippen molar-refractivity contribution in [3.63, 3.8) is 0 Å². The number of nitrogens with two attached hydrogens (primary N) is 1. The molecule has 2 aliphatic heterocycles. The lowest BCUT2D eigenvalue weighted by Crippen LogP contribution is -2.43. The molecule has 3 fully saturated rings. The molecule has 0 bridgehead atoms. The predicted molar refractivity (Wildman–Crippen MR) is 264 cm³/mol. The largest absolute Gasteiger partial charge is 0.494 e. The van der Waals surface area contributed by atoms with Crippen LogP contribution < -0.4 is 41.0 Å². The number of amides is 2. The first-order valence-corrected chi connectivity index (χ1v) is 23.6. The normalized spacial score (nSPS) is 16.1. The Bertz CT molecular complexity index is 3290. The van der Waals surface area contributed by atoms with Gasteiger partial charge in [0.1, 0.15) is 22.5 Å². The molecule has 2 amide bonds. The summed E-state index contributed by atoms with van der Waals surface area (Å²) in [7, 11) is 6.74. The average Bonchev–Trinajstić information content (AvgIpc) is 3.57. The van der Waals surface area contributed by atoms with Crippen molar-refractivity contribution in [1.29, 1.82) is 0 Å². The molecule has 0 unspecified atom stereocenters.